The molecule has 6 heteroatoms. The molecular formula is C23H28N2O4. The molecule has 1 amide bonds. The minimum atomic E-state index is -0.894. The first-order valence-electron chi connectivity index (χ1n) is 9.91. The average Bonchev–Trinajstić information content (AvgIpc) is 2.72. The highest BCUT2D eigenvalue weighted by Crippen LogP contribution is 2.20. The van der Waals surface area contributed by atoms with Crippen LogP contribution in [0, 0.1) is 13.8 Å². The van der Waals surface area contributed by atoms with E-state index in [4.69, 9.17) is 9.47 Å². The van der Waals surface area contributed by atoms with Crippen LogP contribution in [0.1, 0.15) is 34.0 Å². The number of carbonyl (C=O) groups is 2. The predicted octanol–water partition coefficient (Wildman–Crippen LogP) is 3.32. The number of nitrogens with one attached hydrogen (secondary N) is 1. The monoisotopic (exact) mass is 396 g/mol. The molecule has 3 rings (SSSR count). The quantitative estimate of drug-likeness (QED) is 0.759. The summed E-state index contributed by atoms with van der Waals surface area (Å²) in [5.74, 6) is -0.855. The lowest BCUT2D eigenvalue weighted by Gasteiger charge is -2.26. The number of benzene rings is 2. The summed E-state index contributed by atoms with van der Waals surface area (Å²) in [5, 5.41) is 2.86. The van der Waals surface area contributed by atoms with Crippen molar-refractivity contribution in [3.63, 3.8) is 0 Å². The van der Waals surface area contributed by atoms with Crippen molar-refractivity contribution >= 4 is 17.6 Å². The molecule has 0 bridgehead atoms. The van der Waals surface area contributed by atoms with Crippen LogP contribution < -0.4 is 5.32 Å². The summed E-state index contributed by atoms with van der Waals surface area (Å²) in [6.07, 6.45) is -0.894. The highest BCUT2D eigenvalue weighted by Gasteiger charge is 2.20. The number of morpholine rings is 1. The number of amides is 1. The first-order chi connectivity index (χ1) is 13.9. The maximum Gasteiger partial charge on any atom is 0.338 e. The molecule has 1 aliphatic rings. The number of para-hydroxylation sites is 1. The van der Waals surface area contributed by atoms with Crippen LogP contribution in [0.15, 0.2) is 42.5 Å². The third-order valence-electron chi connectivity index (χ3n) is 5.08. The number of esters is 1. The van der Waals surface area contributed by atoms with Crippen LogP contribution in [0.3, 0.4) is 0 Å². The number of anilines is 1. The zero-order valence-electron chi connectivity index (χ0n) is 17.2. The second-order valence-corrected chi connectivity index (χ2v) is 7.39. The molecule has 0 radical (unpaired) electrons. The summed E-state index contributed by atoms with van der Waals surface area (Å²) < 4.78 is 10.7. The summed E-state index contributed by atoms with van der Waals surface area (Å²) >= 11 is 0. The topological polar surface area (TPSA) is 67.9 Å². The van der Waals surface area contributed by atoms with Crippen molar-refractivity contribution in [2.24, 2.45) is 0 Å². The third-order valence-corrected chi connectivity index (χ3v) is 5.08. The maximum absolute atomic E-state index is 12.5. The van der Waals surface area contributed by atoms with Crippen molar-refractivity contribution < 1.29 is 19.1 Å². The number of rotatable bonds is 6. The van der Waals surface area contributed by atoms with E-state index in [0.29, 0.717) is 5.56 Å². The zero-order valence-corrected chi connectivity index (χ0v) is 17.2. The van der Waals surface area contributed by atoms with E-state index in [1.54, 1.807) is 19.1 Å². The van der Waals surface area contributed by atoms with Gasteiger partial charge < -0.3 is 14.8 Å². The second kappa shape index (κ2) is 9.67. The van der Waals surface area contributed by atoms with Crippen LogP contribution in [0.4, 0.5) is 5.69 Å². The smallest absolute Gasteiger partial charge is 0.338 e. The SMILES string of the molecule is Cc1cccc(C)c1NC(=O)[C@H](C)OC(=O)c1ccc(CN2CCOCC2)cc1. The summed E-state index contributed by atoms with van der Waals surface area (Å²) in [6, 6.07) is 13.1. The lowest BCUT2D eigenvalue weighted by Crippen LogP contribution is -2.35. The number of nitrogens with zero attached hydrogens (tertiary/aromatic N) is 1. The predicted molar refractivity (Wildman–Crippen MR) is 112 cm³/mol. The molecule has 2 aromatic rings. The van der Waals surface area contributed by atoms with Gasteiger partial charge in [-0.25, -0.2) is 4.79 Å². The van der Waals surface area contributed by atoms with Crippen LogP contribution >= 0.6 is 0 Å². The van der Waals surface area contributed by atoms with Crippen LogP contribution in [-0.4, -0.2) is 49.2 Å². The molecule has 1 atom stereocenters. The van der Waals surface area contributed by atoms with E-state index in [9.17, 15) is 9.59 Å². The molecule has 2 aromatic carbocycles. The van der Waals surface area contributed by atoms with Crippen LogP contribution in [0.2, 0.25) is 0 Å². The summed E-state index contributed by atoms with van der Waals surface area (Å²) in [5.41, 5.74) is 4.25. The van der Waals surface area contributed by atoms with Gasteiger partial charge in [0.05, 0.1) is 18.8 Å². The van der Waals surface area contributed by atoms with Crippen LogP contribution in [0.5, 0.6) is 0 Å². The molecule has 0 saturated carbocycles. The van der Waals surface area contributed by atoms with Gasteiger partial charge in [-0.3, -0.25) is 9.69 Å². The Morgan fingerprint density at radius 2 is 1.69 bits per heavy atom. The van der Waals surface area contributed by atoms with E-state index in [0.717, 1.165) is 55.2 Å². The fraction of sp³-hybridized carbons (Fsp3) is 0.391. The Balaban J connectivity index is 1.55. The molecule has 0 spiro atoms. The summed E-state index contributed by atoms with van der Waals surface area (Å²) in [4.78, 5) is 27.2. The first kappa shape index (κ1) is 21.0. The molecule has 6 nitrogen and oxygen atoms in total. The molecule has 1 saturated heterocycles. The van der Waals surface area contributed by atoms with E-state index < -0.39 is 12.1 Å². The minimum Gasteiger partial charge on any atom is -0.449 e. The van der Waals surface area contributed by atoms with Gasteiger partial charge >= 0.3 is 5.97 Å². The molecule has 0 aliphatic carbocycles. The van der Waals surface area contributed by atoms with Crippen molar-refractivity contribution in [3.8, 4) is 0 Å². The molecule has 0 aromatic heterocycles. The van der Waals surface area contributed by atoms with Crippen molar-refractivity contribution in [1.29, 1.82) is 0 Å². The van der Waals surface area contributed by atoms with Gasteiger partial charge in [0.1, 0.15) is 0 Å². The van der Waals surface area contributed by atoms with E-state index >= 15 is 0 Å². The largest absolute Gasteiger partial charge is 0.449 e. The zero-order chi connectivity index (χ0) is 20.8. The third kappa shape index (κ3) is 5.65. The number of hydrogen-bond donors (Lipinski definition) is 1. The average molecular weight is 396 g/mol. The molecule has 1 aliphatic heterocycles. The Kier molecular flexibility index (Phi) is 7.01. The van der Waals surface area contributed by atoms with Gasteiger partial charge in [-0.15, -0.1) is 0 Å². The summed E-state index contributed by atoms with van der Waals surface area (Å²) in [7, 11) is 0. The van der Waals surface area contributed by atoms with Crippen molar-refractivity contribution in [3.05, 3.63) is 64.7 Å². The summed E-state index contributed by atoms with van der Waals surface area (Å²) in [6.45, 7) is 9.60. The lowest BCUT2D eigenvalue weighted by atomic mass is 10.1. The fourth-order valence-corrected chi connectivity index (χ4v) is 3.28. The molecule has 154 valence electrons. The molecule has 0 unspecified atom stereocenters. The van der Waals surface area contributed by atoms with Gasteiger partial charge in [0.2, 0.25) is 0 Å². The second-order valence-electron chi connectivity index (χ2n) is 7.39. The molecule has 1 heterocycles. The van der Waals surface area contributed by atoms with Gasteiger partial charge in [0.25, 0.3) is 5.91 Å². The van der Waals surface area contributed by atoms with Crippen molar-refractivity contribution in [2.75, 3.05) is 31.6 Å². The minimum absolute atomic E-state index is 0.348. The van der Waals surface area contributed by atoms with Gasteiger partial charge in [-0.2, -0.15) is 0 Å². The lowest BCUT2D eigenvalue weighted by molar-refractivity contribution is -0.123. The number of ether oxygens (including phenoxy) is 2. The van der Waals surface area contributed by atoms with Crippen molar-refractivity contribution in [1.82, 2.24) is 4.90 Å². The Bertz CT molecular complexity index is 837. The van der Waals surface area contributed by atoms with E-state index in [1.807, 2.05) is 44.2 Å². The van der Waals surface area contributed by atoms with E-state index in [2.05, 4.69) is 10.2 Å². The number of hydrogen-bond acceptors (Lipinski definition) is 5. The molecule has 1 N–H and O–H groups in total. The Labute approximate surface area is 171 Å². The Hall–Kier alpha value is -2.70. The number of aryl methyl sites for hydroxylation is 2. The van der Waals surface area contributed by atoms with Gasteiger partial charge in [0, 0.05) is 25.3 Å². The highest BCUT2D eigenvalue weighted by atomic mass is 16.5. The van der Waals surface area contributed by atoms with Gasteiger partial charge in [-0.05, 0) is 49.6 Å². The maximum atomic E-state index is 12.5. The Morgan fingerprint density at radius 3 is 2.31 bits per heavy atom. The van der Waals surface area contributed by atoms with Gasteiger partial charge in [-0.1, -0.05) is 30.3 Å². The van der Waals surface area contributed by atoms with E-state index in [-0.39, 0.29) is 5.91 Å². The number of carbonyl (C=O) groups excluding carboxylic acids is 2. The Morgan fingerprint density at radius 1 is 1.07 bits per heavy atom. The normalized spacial score (nSPS) is 15.6. The van der Waals surface area contributed by atoms with E-state index in [1.165, 1.54) is 0 Å². The first-order valence-corrected chi connectivity index (χ1v) is 9.91. The van der Waals surface area contributed by atoms with Gasteiger partial charge in [0.15, 0.2) is 6.10 Å². The highest BCUT2D eigenvalue weighted by molar-refractivity contribution is 5.98. The molecule has 29 heavy (non-hydrogen) atoms. The van der Waals surface area contributed by atoms with Crippen LogP contribution in [0.25, 0.3) is 0 Å². The molecule has 1 fully saturated rings. The van der Waals surface area contributed by atoms with Crippen LogP contribution in [-0.2, 0) is 20.8 Å². The molecular weight excluding hydrogens is 368 g/mol. The standard InChI is InChI=1S/C23H28N2O4/c1-16-5-4-6-17(2)21(16)24-22(26)18(3)29-23(27)20-9-7-19(8-10-20)15-25-11-13-28-14-12-25/h4-10,18H,11-15H2,1-3H3,(H,24,26)/t18-/m0/s1. The van der Waals surface area contributed by atoms with Crippen molar-refractivity contribution in [2.45, 2.75) is 33.4 Å². The fourth-order valence-electron chi connectivity index (χ4n) is 3.28.